The molecule has 1 aromatic heterocycles. The lowest BCUT2D eigenvalue weighted by molar-refractivity contribution is -0.307. The van der Waals surface area contributed by atoms with Crippen molar-refractivity contribution in [1.82, 2.24) is 4.98 Å². The number of aliphatic carboxylic acids is 1. The SMILES string of the molecule is Cc1csc(/C(C#N)=C/c2ccccc2OCC(=O)[O-])n1. The minimum absolute atomic E-state index is 0.378. The Labute approximate surface area is 125 Å². The Kier molecular flexibility index (Phi) is 4.69. The fourth-order valence-corrected chi connectivity index (χ4v) is 2.41. The highest BCUT2D eigenvalue weighted by atomic mass is 32.1. The first kappa shape index (κ1) is 14.8. The summed E-state index contributed by atoms with van der Waals surface area (Å²) >= 11 is 1.38. The maximum Gasteiger partial charge on any atom is 0.134 e. The van der Waals surface area contributed by atoms with Crippen molar-refractivity contribution >= 4 is 29.0 Å². The van der Waals surface area contributed by atoms with Crippen LogP contribution in [-0.4, -0.2) is 17.6 Å². The average molecular weight is 299 g/mol. The van der Waals surface area contributed by atoms with Crippen LogP contribution in [0.25, 0.3) is 11.6 Å². The molecule has 0 aliphatic rings. The van der Waals surface area contributed by atoms with Crippen molar-refractivity contribution in [3.63, 3.8) is 0 Å². The predicted octanol–water partition coefficient (Wildman–Crippen LogP) is 1.64. The first-order valence-electron chi connectivity index (χ1n) is 6.06. The Hall–Kier alpha value is -2.65. The molecule has 0 fully saturated rings. The summed E-state index contributed by atoms with van der Waals surface area (Å²) in [7, 11) is 0. The Morgan fingerprint density at radius 3 is 2.90 bits per heavy atom. The van der Waals surface area contributed by atoms with Gasteiger partial charge >= 0.3 is 0 Å². The number of carboxylic acids is 1. The second-order valence-corrected chi connectivity index (χ2v) is 5.02. The summed E-state index contributed by atoms with van der Waals surface area (Å²) in [5.41, 5.74) is 1.86. The van der Waals surface area contributed by atoms with Gasteiger partial charge in [-0.15, -0.1) is 11.3 Å². The number of hydrogen-bond acceptors (Lipinski definition) is 6. The van der Waals surface area contributed by atoms with E-state index in [4.69, 9.17) is 4.74 Å². The molecule has 2 aromatic rings. The van der Waals surface area contributed by atoms with Gasteiger partial charge < -0.3 is 14.6 Å². The number of para-hydroxylation sites is 1. The molecule has 6 heteroatoms. The Morgan fingerprint density at radius 1 is 1.52 bits per heavy atom. The largest absolute Gasteiger partial charge is 0.546 e. The van der Waals surface area contributed by atoms with Crippen molar-refractivity contribution in [2.75, 3.05) is 6.61 Å². The maximum absolute atomic E-state index is 10.5. The summed E-state index contributed by atoms with van der Waals surface area (Å²) in [5.74, 6) is -0.924. The number of ether oxygens (including phenoxy) is 1. The number of rotatable bonds is 5. The molecule has 1 heterocycles. The molecule has 0 aliphatic heterocycles. The monoisotopic (exact) mass is 299 g/mol. The average Bonchev–Trinajstić information content (AvgIpc) is 2.90. The molecule has 0 atom stereocenters. The van der Waals surface area contributed by atoms with Crippen molar-refractivity contribution in [2.45, 2.75) is 6.92 Å². The topological polar surface area (TPSA) is 86.0 Å². The number of aryl methyl sites for hydroxylation is 1. The fraction of sp³-hybridized carbons (Fsp3) is 0.133. The summed E-state index contributed by atoms with van der Waals surface area (Å²) in [6, 6.07) is 8.97. The highest BCUT2D eigenvalue weighted by molar-refractivity contribution is 7.11. The standard InChI is InChI=1S/C15H12N2O3S/c1-10-9-21-15(17-10)12(7-16)6-11-4-2-3-5-13(11)20-8-14(18)19/h2-6,9H,8H2,1H3,(H,18,19)/p-1/b12-6+. The van der Waals surface area contributed by atoms with Gasteiger partial charge in [-0.1, -0.05) is 18.2 Å². The lowest BCUT2D eigenvalue weighted by Gasteiger charge is -2.09. The number of benzene rings is 1. The van der Waals surface area contributed by atoms with Crippen LogP contribution >= 0.6 is 11.3 Å². The van der Waals surface area contributed by atoms with E-state index in [2.05, 4.69) is 11.1 Å². The van der Waals surface area contributed by atoms with Crippen LogP contribution in [0, 0.1) is 18.3 Å². The van der Waals surface area contributed by atoms with Crippen LogP contribution in [0.3, 0.4) is 0 Å². The lowest BCUT2D eigenvalue weighted by Crippen LogP contribution is -2.29. The number of nitriles is 1. The predicted molar refractivity (Wildman–Crippen MR) is 77.3 cm³/mol. The second kappa shape index (κ2) is 6.68. The lowest BCUT2D eigenvalue weighted by atomic mass is 10.1. The van der Waals surface area contributed by atoms with Crippen LogP contribution in [0.5, 0.6) is 5.75 Å². The van der Waals surface area contributed by atoms with Gasteiger partial charge in [-0.05, 0) is 19.1 Å². The van der Waals surface area contributed by atoms with Crippen molar-refractivity contribution in [3.8, 4) is 11.8 Å². The first-order chi connectivity index (χ1) is 10.1. The molecule has 0 saturated heterocycles. The molecule has 5 nitrogen and oxygen atoms in total. The van der Waals surface area contributed by atoms with Crippen LogP contribution in [0.1, 0.15) is 16.3 Å². The number of carboxylic acid groups (broad SMARTS) is 1. The van der Waals surface area contributed by atoms with E-state index in [0.717, 1.165) is 5.69 Å². The van der Waals surface area contributed by atoms with Gasteiger partial charge in [0, 0.05) is 16.6 Å². The van der Waals surface area contributed by atoms with Gasteiger partial charge in [0.05, 0.1) is 11.5 Å². The molecule has 0 aliphatic carbocycles. The summed E-state index contributed by atoms with van der Waals surface area (Å²) in [6.07, 6.45) is 1.63. The number of carbonyl (C=O) groups excluding carboxylic acids is 1. The summed E-state index contributed by atoms with van der Waals surface area (Å²) in [6.45, 7) is 1.31. The van der Waals surface area contributed by atoms with Crippen LogP contribution < -0.4 is 9.84 Å². The Bertz CT molecular complexity index is 729. The molecule has 0 radical (unpaired) electrons. The normalized spacial score (nSPS) is 11.0. The second-order valence-electron chi connectivity index (χ2n) is 4.16. The molecular weight excluding hydrogens is 288 g/mol. The van der Waals surface area contributed by atoms with E-state index in [-0.39, 0.29) is 0 Å². The van der Waals surface area contributed by atoms with E-state index in [1.807, 2.05) is 12.3 Å². The van der Waals surface area contributed by atoms with Crippen molar-refractivity contribution < 1.29 is 14.6 Å². The highest BCUT2D eigenvalue weighted by Crippen LogP contribution is 2.26. The van der Waals surface area contributed by atoms with Crippen molar-refractivity contribution in [1.29, 1.82) is 5.26 Å². The number of aromatic nitrogens is 1. The molecule has 2 rings (SSSR count). The number of thiazole rings is 1. The van der Waals surface area contributed by atoms with Gasteiger partial charge in [0.15, 0.2) is 0 Å². The van der Waals surface area contributed by atoms with Gasteiger partial charge in [0.1, 0.15) is 23.4 Å². The third-order valence-corrected chi connectivity index (χ3v) is 3.53. The van der Waals surface area contributed by atoms with E-state index in [0.29, 0.717) is 21.9 Å². The summed E-state index contributed by atoms with van der Waals surface area (Å²) < 4.78 is 5.15. The molecular formula is C15H11N2O3S-. The Morgan fingerprint density at radius 2 is 2.29 bits per heavy atom. The summed E-state index contributed by atoms with van der Waals surface area (Å²) in [4.78, 5) is 14.7. The fourth-order valence-electron chi connectivity index (χ4n) is 1.64. The van der Waals surface area contributed by atoms with E-state index in [1.165, 1.54) is 11.3 Å². The van der Waals surface area contributed by atoms with E-state index in [1.54, 1.807) is 30.3 Å². The van der Waals surface area contributed by atoms with Crippen molar-refractivity contribution in [3.05, 3.63) is 45.9 Å². The minimum atomic E-state index is -1.30. The minimum Gasteiger partial charge on any atom is -0.546 e. The number of nitrogens with zero attached hydrogens (tertiary/aromatic N) is 2. The number of carbonyl (C=O) groups is 1. The van der Waals surface area contributed by atoms with Gasteiger partial charge in [-0.25, -0.2) is 4.98 Å². The van der Waals surface area contributed by atoms with E-state index >= 15 is 0 Å². The van der Waals surface area contributed by atoms with Crippen molar-refractivity contribution in [2.24, 2.45) is 0 Å². The third kappa shape index (κ3) is 3.91. The zero-order valence-electron chi connectivity index (χ0n) is 11.2. The van der Waals surface area contributed by atoms with Gasteiger partial charge in [-0.2, -0.15) is 5.26 Å². The molecule has 106 valence electrons. The van der Waals surface area contributed by atoms with Crippen LogP contribution in [0.4, 0.5) is 0 Å². The number of allylic oxidation sites excluding steroid dienone is 1. The first-order valence-corrected chi connectivity index (χ1v) is 6.94. The molecule has 0 saturated carbocycles. The molecule has 0 amide bonds. The third-order valence-electron chi connectivity index (χ3n) is 2.53. The quantitative estimate of drug-likeness (QED) is 0.783. The molecule has 0 N–H and O–H groups in total. The number of hydrogen-bond donors (Lipinski definition) is 0. The van der Waals surface area contributed by atoms with Crippen LogP contribution in [0.15, 0.2) is 29.6 Å². The van der Waals surface area contributed by atoms with Gasteiger partial charge in [0.2, 0.25) is 0 Å². The van der Waals surface area contributed by atoms with Crippen LogP contribution in [-0.2, 0) is 4.79 Å². The molecule has 1 aromatic carbocycles. The highest BCUT2D eigenvalue weighted by Gasteiger charge is 2.08. The molecule has 21 heavy (non-hydrogen) atoms. The van der Waals surface area contributed by atoms with E-state index in [9.17, 15) is 15.2 Å². The van der Waals surface area contributed by atoms with Gasteiger partial charge in [-0.3, -0.25) is 0 Å². The zero-order valence-corrected chi connectivity index (χ0v) is 12.0. The Balaban J connectivity index is 2.34. The smallest absolute Gasteiger partial charge is 0.134 e. The van der Waals surface area contributed by atoms with Crippen LogP contribution in [0.2, 0.25) is 0 Å². The van der Waals surface area contributed by atoms with E-state index < -0.39 is 12.6 Å². The molecule has 0 spiro atoms. The summed E-state index contributed by atoms with van der Waals surface area (Å²) in [5, 5.41) is 22.2. The zero-order chi connectivity index (χ0) is 15.2. The molecule has 0 unspecified atom stereocenters. The van der Waals surface area contributed by atoms with Gasteiger partial charge in [0.25, 0.3) is 0 Å². The molecule has 0 bridgehead atoms. The maximum atomic E-state index is 10.5.